The van der Waals surface area contributed by atoms with Crippen LogP contribution in [0.3, 0.4) is 0 Å². The summed E-state index contributed by atoms with van der Waals surface area (Å²) in [6.07, 6.45) is 0. The third-order valence-corrected chi connectivity index (χ3v) is 5.01. The molecule has 0 radical (unpaired) electrons. The van der Waals surface area contributed by atoms with Gasteiger partial charge < -0.3 is 10.0 Å². The Morgan fingerprint density at radius 2 is 2.13 bits per heavy atom. The quantitative estimate of drug-likeness (QED) is 0.939. The second kappa shape index (κ2) is 6.12. The highest BCUT2D eigenvalue weighted by molar-refractivity contribution is 7.09. The van der Waals surface area contributed by atoms with E-state index in [-0.39, 0.29) is 18.4 Å². The van der Waals surface area contributed by atoms with E-state index in [2.05, 4.69) is 4.98 Å². The largest absolute Gasteiger partial charge is 0.481 e. The zero-order chi connectivity index (χ0) is 16.6. The van der Waals surface area contributed by atoms with E-state index in [0.717, 1.165) is 16.3 Å². The van der Waals surface area contributed by atoms with E-state index in [9.17, 15) is 14.7 Å². The zero-order valence-corrected chi connectivity index (χ0v) is 13.8. The van der Waals surface area contributed by atoms with Crippen molar-refractivity contribution in [2.45, 2.75) is 13.8 Å². The van der Waals surface area contributed by atoms with Crippen LogP contribution >= 0.6 is 11.3 Å². The molecule has 2 aromatic rings. The van der Waals surface area contributed by atoms with Gasteiger partial charge in [-0.2, -0.15) is 0 Å². The molecular weight excluding hydrogens is 312 g/mol. The molecule has 1 aliphatic rings. The molecule has 0 spiro atoms. The summed E-state index contributed by atoms with van der Waals surface area (Å²) in [5, 5.41) is 12.2. The Kier molecular flexibility index (Phi) is 4.17. The lowest BCUT2D eigenvalue weighted by Crippen LogP contribution is -2.29. The van der Waals surface area contributed by atoms with Crippen LogP contribution in [0.4, 0.5) is 0 Å². The molecule has 1 aromatic carbocycles. The highest BCUT2D eigenvalue weighted by Crippen LogP contribution is 2.27. The fourth-order valence-corrected chi connectivity index (χ4v) is 3.57. The minimum Gasteiger partial charge on any atom is -0.481 e. The van der Waals surface area contributed by atoms with Gasteiger partial charge in [0.2, 0.25) is 0 Å². The van der Waals surface area contributed by atoms with E-state index in [0.29, 0.717) is 12.1 Å². The van der Waals surface area contributed by atoms with Gasteiger partial charge in [-0.05, 0) is 25.0 Å². The van der Waals surface area contributed by atoms with E-state index in [1.807, 2.05) is 37.4 Å². The Hall–Kier alpha value is -2.21. The lowest BCUT2D eigenvalue weighted by Gasteiger charge is -2.16. The summed E-state index contributed by atoms with van der Waals surface area (Å²) in [7, 11) is 0. The van der Waals surface area contributed by atoms with Crippen molar-refractivity contribution in [2.75, 3.05) is 13.1 Å². The molecule has 6 heteroatoms. The van der Waals surface area contributed by atoms with Crippen molar-refractivity contribution in [3.05, 3.63) is 40.2 Å². The van der Waals surface area contributed by atoms with Crippen molar-refractivity contribution in [3.63, 3.8) is 0 Å². The Balaban J connectivity index is 1.82. The van der Waals surface area contributed by atoms with Crippen LogP contribution in [0, 0.1) is 18.8 Å². The zero-order valence-electron chi connectivity index (χ0n) is 13.0. The van der Waals surface area contributed by atoms with Gasteiger partial charge in [-0.1, -0.05) is 19.1 Å². The van der Waals surface area contributed by atoms with E-state index in [4.69, 9.17) is 0 Å². The van der Waals surface area contributed by atoms with Gasteiger partial charge in [0.05, 0.1) is 16.6 Å². The highest BCUT2D eigenvalue weighted by atomic mass is 32.1. The van der Waals surface area contributed by atoms with Crippen molar-refractivity contribution >= 4 is 23.2 Å². The Labute approximate surface area is 138 Å². The van der Waals surface area contributed by atoms with Crippen LogP contribution in [0.2, 0.25) is 0 Å². The molecule has 2 heterocycles. The van der Waals surface area contributed by atoms with Gasteiger partial charge in [-0.3, -0.25) is 9.59 Å². The number of carboxylic acid groups (broad SMARTS) is 1. The molecule has 2 atom stereocenters. The summed E-state index contributed by atoms with van der Waals surface area (Å²) >= 11 is 1.57. The molecule has 1 fully saturated rings. The standard InChI is InChI=1S/C17H18N2O3S/c1-10-7-19(8-14(10)17(21)22)16(20)13-5-3-4-12(6-13)15-9-23-11(2)18-15/h3-6,9-10,14H,7-8H2,1-2H3,(H,21,22)/t10-,14-/m1/s1. The topological polar surface area (TPSA) is 70.5 Å². The first kappa shape index (κ1) is 15.7. The van der Waals surface area contributed by atoms with Gasteiger partial charge in [0, 0.05) is 29.6 Å². The van der Waals surface area contributed by atoms with Crippen LogP contribution < -0.4 is 0 Å². The lowest BCUT2D eigenvalue weighted by molar-refractivity contribution is -0.142. The number of aryl methyl sites for hydroxylation is 1. The number of likely N-dealkylation sites (tertiary alicyclic amines) is 1. The lowest BCUT2D eigenvalue weighted by atomic mass is 9.99. The van der Waals surface area contributed by atoms with Gasteiger partial charge in [0.25, 0.3) is 5.91 Å². The predicted octanol–water partition coefficient (Wildman–Crippen LogP) is 2.91. The van der Waals surface area contributed by atoms with E-state index < -0.39 is 11.9 Å². The fourth-order valence-electron chi connectivity index (χ4n) is 2.94. The summed E-state index contributed by atoms with van der Waals surface area (Å²) in [5.41, 5.74) is 2.34. The van der Waals surface area contributed by atoms with E-state index in [1.165, 1.54) is 0 Å². The summed E-state index contributed by atoms with van der Waals surface area (Å²) in [5.74, 6) is -1.46. The number of carbonyl (C=O) groups is 2. The highest BCUT2D eigenvalue weighted by Gasteiger charge is 2.37. The number of amides is 1. The SMILES string of the molecule is Cc1nc(-c2cccc(C(=O)N3C[C@@H](C)[C@H](C(=O)O)C3)c2)cs1. The first-order valence-electron chi connectivity index (χ1n) is 7.50. The van der Waals surface area contributed by atoms with Gasteiger partial charge in [-0.25, -0.2) is 4.98 Å². The van der Waals surface area contributed by atoms with Crippen LogP contribution in [0.15, 0.2) is 29.6 Å². The molecule has 1 aromatic heterocycles. The predicted molar refractivity (Wildman–Crippen MR) is 88.5 cm³/mol. The van der Waals surface area contributed by atoms with Crippen molar-refractivity contribution in [1.82, 2.24) is 9.88 Å². The molecule has 120 valence electrons. The maximum atomic E-state index is 12.7. The maximum Gasteiger partial charge on any atom is 0.308 e. The Morgan fingerprint density at radius 3 is 2.74 bits per heavy atom. The van der Waals surface area contributed by atoms with Gasteiger partial charge in [0.15, 0.2) is 0 Å². The second-order valence-corrected chi connectivity index (χ2v) is 7.03. The second-order valence-electron chi connectivity index (χ2n) is 5.96. The normalized spacial score (nSPS) is 20.7. The summed E-state index contributed by atoms with van der Waals surface area (Å²) in [6.45, 7) is 4.58. The number of hydrogen-bond donors (Lipinski definition) is 1. The number of hydrogen-bond acceptors (Lipinski definition) is 4. The molecule has 1 amide bonds. The van der Waals surface area contributed by atoms with Gasteiger partial charge >= 0.3 is 5.97 Å². The third-order valence-electron chi connectivity index (χ3n) is 4.24. The number of benzene rings is 1. The molecule has 1 aliphatic heterocycles. The summed E-state index contributed by atoms with van der Waals surface area (Å²) in [6, 6.07) is 7.36. The van der Waals surface area contributed by atoms with Gasteiger partial charge in [0.1, 0.15) is 0 Å². The van der Waals surface area contributed by atoms with Crippen LogP contribution in [0.25, 0.3) is 11.3 Å². The minimum atomic E-state index is -0.834. The van der Waals surface area contributed by atoms with Crippen molar-refractivity contribution in [1.29, 1.82) is 0 Å². The smallest absolute Gasteiger partial charge is 0.308 e. The first-order valence-corrected chi connectivity index (χ1v) is 8.38. The third kappa shape index (κ3) is 3.12. The number of aliphatic carboxylic acids is 1. The molecule has 0 aliphatic carbocycles. The molecule has 1 saturated heterocycles. The van der Waals surface area contributed by atoms with Crippen LogP contribution in [0.1, 0.15) is 22.3 Å². The minimum absolute atomic E-state index is 0.0270. The molecule has 1 N–H and O–H groups in total. The van der Waals surface area contributed by atoms with Crippen molar-refractivity contribution in [3.8, 4) is 11.3 Å². The molecular formula is C17H18N2O3S. The monoisotopic (exact) mass is 330 g/mol. The van der Waals surface area contributed by atoms with Crippen molar-refractivity contribution in [2.24, 2.45) is 11.8 Å². The number of thiazole rings is 1. The molecule has 23 heavy (non-hydrogen) atoms. The summed E-state index contributed by atoms with van der Waals surface area (Å²) < 4.78 is 0. The molecule has 0 unspecified atom stereocenters. The number of carboxylic acids is 1. The molecule has 5 nitrogen and oxygen atoms in total. The molecule has 0 saturated carbocycles. The maximum absolute atomic E-state index is 12.7. The number of carbonyl (C=O) groups excluding carboxylic acids is 1. The summed E-state index contributed by atoms with van der Waals surface area (Å²) in [4.78, 5) is 30.0. The number of rotatable bonds is 3. The van der Waals surface area contributed by atoms with Gasteiger partial charge in [-0.15, -0.1) is 11.3 Å². The average Bonchev–Trinajstić information content (AvgIpc) is 3.13. The van der Waals surface area contributed by atoms with E-state index in [1.54, 1.807) is 22.3 Å². The number of nitrogens with zero attached hydrogens (tertiary/aromatic N) is 2. The average molecular weight is 330 g/mol. The molecule has 3 rings (SSSR count). The Morgan fingerprint density at radius 1 is 1.35 bits per heavy atom. The first-order chi connectivity index (χ1) is 11.0. The van der Waals surface area contributed by atoms with Crippen LogP contribution in [0.5, 0.6) is 0 Å². The van der Waals surface area contributed by atoms with Crippen LogP contribution in [-0.4, -0.2) is 40.0 Å². The van der Waals surface area contributed by atoms with Crippen LogP contribution in [-0.2, 0) is 4.79 Å². The Bertz CT molecular complexity index is 756. The van der Waals surface area contributed by atoms with E-state index >= 15 is 0 Å². The number of aromatic nitrogens is 1. The van der Waals surface area contributed by atoms with Crippen molar-refractivity contribution < 1.29 is 14.7 Å². The molecule has 0 bridgehead atoms. The fraction of sp³-hybridized carbons (Fsp3) is 0.353.